The Morgan fingerprint density at radius 2 is 1.77 bits per heavy atom. The number of rotatable bonds is 0. The third kappa shape index (κ3) is 2.02. The van der Waals surface area contributed by atoms with Crippen molar-refractivity contribution in [3.63, 3.8) is 0 Å². The van der Waals surface area contributed by atoms with Gasteiger partial charge in [-0.25, -0.2) is 0 Å². The normalized spacial score (nSPS) is 33.2. The van der Waals surface area contributed by atoms with E-state index in [2.05, 4.69) is 6.58 Å². The summed E-state index contributed by atoms with van der Waals surface area (Å²) >= 11 is 0. The molecular formula is C10H16O3. The molecule has 0 aromatic heterocycles. The molecule has 0 aromatic carbocycles. The lowest BCUT2D eigenvalue weighted by Crippen LogP contribution is -2.29. The summed E-state index contributed by atoms with van der Waals surface area (Å²) in [5.74, 6) is -0.671. The molecule has 1 rings (SSSR count). The maximum absolute atomic E-state index is 11.4. The molecule has 2 atom stereocenters. The lowest BCUT2D eigenvalue weighted by Gasteiger charge is -2.24. The second kappa shape index (κ2) is 3.05. The van der Waals surface area contributed by atoms with Gasteiger partial charge in [0.1, 0.15) is 0 Å². The number of allylic oxidation sites excluding steroid dienone is 1. The van der Waals surface area contributed by atoms with Gasteiger partial charge in [0.15, 0.2) is 0 Å². The first-order valence-electron chi connectivity index (χ1n) is 4.44. The highest BCUT2D eigenvalue weighted by atomic mass is 16.7. The Morgan fingerprint density at radius 1 is 1.23 bits per heavy atom. The van der Waals surface area contributed by atoms with Crippen molar-refractivity contribution in [3.05, 3.63) is 12.3 Å². The third-order valence-electron chi connectivity index (χ3n) is 2.35. The van der Waals surface area contributed by atoms with Crippen LogP contribution in [0.3, 0.4) is 0 Å². The second-order valence-electron chi connectivity index (χ2n) is 3.97. The summed E-state index contributed by atoms with van der Waals surface area (Å²) in [6.07, 6.45) is 0. The van der Waals surface area contributed by atoms with E-state index in [0.717, 1.165) is 0 Å². The van der Waals surface area contributed by atoms with Crippen molar-refractivity contribution in [2.24, 2.45) is 11.8 Å². The number of hydrogen-bond donors (Lipinski definition) is 0. The van der Waals surface area contributed by atoms with Crippen LogP contribution in [0.1, 0.15) is 27.7 Å². The van der Waals surface area contributed by atoms with Crippen LogP contribution in [0, 0.1) is 11.8 Å². The minimum atomic E-state index is -0.882. The van der Waals surface area contributed by atoms with E-state index < -0.39 is 5.79 Å². The predicted octanol–water partition coefficient (Wildman–Crippen LogP) is 2.08. The standard InChI is InChI=1S/C10H16O3/c1-6-7(2)9(11)13-10(4,5)12-8(6)3/h6-7H,3H2,1-2,4-5H3. The zero-order chi connectivity index (χ0) is 10.2. The Balaban J connectivity index is 2.92. The van der Waals surface area contributed by atoms with Crippen LogP contribution in [0.5, 0.6) is 0 Å². The fourth-order valence-electron chi connectivity index (χ4n) is 1.25. The van der Waals surface area contributed by atoms with Crippen molar-refractivity contribution in [2.45, 2.75) is 33.5 Å². The summed E-state index contributed by atoms with van der Waals surface area (Å²) in [5, 5.41) is 0. The topological polar surface area (TPSA) is 35.5 Å². The fourth-order valence-corrected chi connectivity index (χ4v) is 1.25. The molecule has 0 N–H and O–H groups in total. The van der Waals surface area contributed by atoms with E-state index in [-0.39, 0.29) is 17.8 Å². The first kappa shape index (κ1) is 10.1. The van der Waals surface area contributed by atoms with Gasteiger partial charge in [0, 0.05) is 19.8 Å². The summed E-state index contributed by atoms with van der Waals surface area (Å²) in [6, 6.07) is 0. The summed E-state index contributed by atoms with van der Waals surface area (Å²) < 4.78 is 10.5. The summed E-state index contributed by atoms with van der Waals surface area (Å²) in [5.41, 5.74) is 0. The van der Waals surface area contributed by atoms with E-state index in [1.165, 1.54) is 0 Å². The van der Waals surface area contributed by atoms with Gasteiger partial charge in [-0.05, 0) is 0 Å². The summed E-state index contributed by atoms with van der Waals surface area (Å²) in [7, 11) is 0. The molecular weight excluding hydrogens is 168 g/mol. The van der Waals surface area contributed by atoms with E-state index >= 15 is 0 Å². The molecule has 1 heterocycles. The van der Waals surface area contributed by atoms with Gasteiger partial charge in [0.25, 0.3) is 0 Å². The molecule has 1 aliphatic heterocycles. The van der Waals surface area contributed by atoms with Gasteiger partial charge in [-0.1, -0.05) is 20.4 Å². The predicted molar refractivity (Wildman–Crippen MR) is 48.7 cm³/mol. The van der Waals surface area contributed by atoms with Crippen molar-refractivity contribution in [2.75, 3.05) is 0 Å². The molecule has 3 nitrogen and oxygen atoms in total. The largest absolute Gasteiger partial charge is 0.457 e. The molecule has 0 amide bonds. The second-order valence-corrected chi connectivity index (χ2v) is 3.97. The zero-order valence-corrected chi connectivity index (χ0v) is 8.59. The van der Waals surface area contributed by atoms with Crippen molar-refractivity contribution >= 4 is 5.97 Å². The number of hydrogen-bond acceptors (Lipinski definition) is 3. The number of esters is 1. The summed E-state index contributed by atoms with van der Waals surface area (Å²) in [4.78, 5) is 11.4. The maximum Gasteiger partial charge on any atom is 0.312 e. The van der Waals surface area contributed by atoms with Crippen LogP contribution in [-0.4, -0.2) is 11.8 Å². The molecule has 0 radical (unpaired) electrons. The van der Waals surface area contributed by atoms with Crippen LogP contribution in [0.15, 0.2) is 12.3 Å². The number of ether oxygens (including phenoxy) is 2. The number of carbonyl (C=O) groups is 1. The Kier molecular flexibility index (Phi) is 2.37. The Bertz CT molecular complexity index is 219. The van der Waals surface area contributed by atoms with Crippen molar-refractivity contribution in [3.8, 4) is 0 Å². The minimum absolute atomic E-state index is 0.00859. The van der Waals surface area contributed by atoms with Gasteiger partial charge in [0.2, 0.25) is 5.79 Å². The van der Waals surface area contributed by atoms with Crippen LogP contribution in [0.4, 0.5) is 0 Å². The molecule has 74 valence electrons. The zero-order valence-electron chi connectivity index (χ0n) is 8.59. The van der Waals surface area contributed by atoms with Crippen LogP contribution >= 0.6 is 0 Å². The number of carbonyl (C=O) groups excluding carboxylic acids is 1. The lowest BCUT2D eigenvalue weighted by molar-refractivity contribution is -0.197. The van der Waals surface area contributed by atoms with E-state index in [4.69, 9.17) is 9.47 Å². The SMILES string of the molecule is C=C1OC(C)(C)OC(=O)C(C)C1C. The quantitative estimate of drug-likeness (QED) is 0.541. The molecule has 1 saturated heterocycles. The third-order valence-corrected chi connectivity index (χ3v) is 2.35. The molecule has 2 unspecified atom stereocenters. The van der Waals surface area contributed by atoms with Gasteiger partial charge in [-0.3, -0.25) is 4.79 Å². The van der Waals surface area contributed by atoms with Gasteiger partial charge in [0.05, 0.1) is 11.7 Å². The van der Waals surface area contributed by atoms with Gasteiger partial charge >= 0.3 is 5.97 Å². The summed E-state index contributed by atoms with van der Waals surface area (Å²) in [6.45, 7) is 10.9. The minimum Gasteiger partial charge on any atom is -0.457 e. The monoisotopic (exact) mass is 184 g/mol. The first-order valence-corrected chi connectivity index (χ1v) is 4.44. The molecule has 0 spiro atoms. The Hall–Kier alpha value is -0.990. The van der Waals surface area contributed by atoms with E-state index in [1.807, 2.05) is 13.8 Å². The maximum atomic E-state index is 11.4. The van der Waals surface area contributed by atoms with E-state index in [0.29, 0.717) is 5.76 Å². The van der Waals surface area contributed by atoms with Gasteiger partial charge < -0.3 is 9.47 Å². The first-order chi connectivity index (χ1) is 5.83. The lowest BCUT2D eigenvalue weighted by atomic mass is 9.95. The average Bonchev–Trinajstić information content (AvgIpc) is 2.03. The van der Waals surface area contributed by atoms with Crippen molar-refractivity contribution in [1.29, 1.82) is 0 Å². The van der Waals surface area contributed by atoms with Crippen molar-refractivity contribution < 1.29 is 14.3 Å². The van der Waals surface area contributed by atoms with Gasteiger partial charge in [-0.15, -0.1) is 0 Å². The highest BCUT2D eigenvalue weighted by Gasteiger charge is 2.37. The van der Waals surface area contributed by atoms with Crippen LogP contribution in [0.2, 0.25) is 0 Å². The Labute approximate surface area is 78.7 Å². The molecule has 0 aliphatic carbocycles. The van der Waals surface area contributed by atoms with Gasteiger partial charge in [-0.2, -0.15) is 0 Å². The van der Waals surface area contributed by atoms with E-state index in [1.54, 1.807) is 13.8 Å². The fraction of sp³-hybridized carbons (Fsp3) is 0.700. The van der Waals surface area contributed by atoms with Crippen LogP contribution in [0.25, 0.3) is 0 Å². The molecule has 1 aliphatic rings. The highest BCUT2D eigenvalue weighted by Crippen LogP contribution is 2.31. The van der Waals surface area contributed by atoms with E-state index in [9.17, 15) is 4.79 Å². The number of cyclic esters (lactones) is 1. The molecule has 0 aromatic rings. The molecule has 1 fully saturated rings. The molecule has 13 heavy (non-hydrogen) atoms. The molecule has 3 heteroatoms. The molecule has 0 bridgehead atoms. The van der Waals surface area contributed by atoms with Crippen molar-refractivity contribution in [1.82, 2.24) is 0 Å². The Morgan fingerprint density at radius 3 is 2.31 bits per heavy atom. The molecule has 0 saturated carbocycles. The highest BCUT2D eigenvalue weighted by molar-refractivity contribution is 5.73. The van der Waals surface area contributed by atoms with Crippen LogP contribution < -0.4 is 0 Å². The van der Waals surface area contributed by atoms with Crippen LogP contribution in [-0.2, 0) is 14.3 Å². The average molecular weight is 184 g/mol. The smallest absolute Gasteiger partial charge is 0.312 e.